The second-order valence-corrected chi connectivity index (χ2v) is 8.01. The number of pyridine rings is 2. The van der Waals surface area contributed by atoms with Gasteiger partial charge in [0.25, 0.3) is 0 Å². The maximum absolute atomic E-state index is 12.8. The van der Waals surface area contributed by atoms with Crippen molar-refractivity contribution >= 4 is 22.8 Å². The molecular weight excluding hydrogens is 394 g/mol. The van der Waals surface area contributed by atoms with E-state index in [1.54, 1.807) is 25.6 Å². The number of methoxy groups -OCH3 is 1. The zero-order chi connectivity index (χ0) is 26.5. The van der Waals surface area contributed by atoms with Crippen LogP contribution in [0.1, 0.15) is 27.5 Å². The second-order valence-electron chi connectivity index (χ2n) is 8.01. The highest BCUT2D eigenvalue weighted by Crippen LogP contribution is 2.43. The zero-order valence-electron chi connectivity index (χ0n) is 23.0. The van der Waals surface area contributed by atoms with Crippen LogP contribution in [-0.4, -0.2) is 59.5 Å². The number of carbonyl (C=O) groups excluding carboxylic acids is 1. The molecule has 1 amide bonds. The summed E-state index contributed by atoms with van der Waals surface area (Å²) in [6.07, 6.45) is 6.05. The minimum Gasteiger partial charge on any atom is -0.490 e. The van der Waals surface area contributed by atoms with Gasteiger partial charge in [0.2, 0.25) is 11.8 Å². The third kappa shape index (κ3) is 4.07. The average Bonchev–Trinajstić information content (AvgIpc) is 3.74. The van der Waals surface area contributed by atoms with E-state index in [9.17, 15) is 4.79 Å². The van der Waals surface area contributed by atoms with Crippen molar-refractivity contribution in [3.05, 3.63) is 30.6 Å². The molecule has 3 aromatic rings. The molecule has 2 aliphatic carbocycles. The number of rotatable bonds is 8. The fraction of sp³-hybridized carbons (Fsp3) is 0.435. The van der Waals surface area contributed by atoms with Gasteiger partial charge in [-0.05, 0) is 57.3 Å². The number of aromatic nitrogens is 3. The van der Waals surface area contributed by atoms with Crippen molar-refractivity contribution in [1.29, 1.82) is 0 Å². The fourth-order valence-electron chi connectivity index (χ4n) is 3.80. The molecule has 0 aromatic carbocycles. The number of ether oxygens (including phenoxy) is 2. The van der Waals surface area contributed by atoms with Gasteiger partial charge < -0.3 is 24.7 Å². The second kappa shape index (κ2) is 7.85. The van der Waals surface area contributed by atoms with Gasteiger partial charge in [0.05, 0.1) is 18.8 Å². The van der Waals surface area contributed by atoms with Crippen LogP contribution in [0.5, 0.6) is 11.6 Å². The number of H-pyrrole nitrogens is 1. The monoisotopic (exact) mass is 427 g/mol. The van der Waals surface area contributed by atoms with Crippen molar-refractivity contribution in [3.8, 4) is 22.8 Å². The van der Waals surface area contributed by atoms with Crippen LogP contribution >= 0.6 is 0 Å². The Bertz CT molecular complexity index is 1310. The molecule has 3 aromatic heterocycles. The van der Waals surface area contributed by atoms with E-state index in [2.05, 4.69) is 20.3 Å². The highest BCUT2D eigenvalue weighted by atomic mass is 16.5. The summed E-state index contributed by atoms with van der Waals surface area (Å²) in [7, 11) is 1.55. The first-order chi connectivity index (χ1) is 17.5. The summed E-state index contributed by atoms with van der Waals surface area (Å²) in [6, 6.07) is 5.31. The first-order valence-corrected chi connectivity index (χ1v) is 10.2. The molecule has 2 saturated carbocycles. The lowest BCUT2D eigenvalue weighted by Crippen LogP contribution is -2.20. The minimum absolute atomic E-state index is 0.189. The van der Waals surface area contributed by atoms with Crippen LogP contribution in [-0.2, 0) is 4.79 Å². The van der Waals surface area contributed by atoms with Gasteiger partial charge in [-0.25, -0.2) is 9.97 Å². The molecule has 2 aliphatic rings. The molecule has 2 fully saturated rings. The van der Waals surface area contributed by atoms with Gasteiger partial charge in [-0.3, -0.25) is 4.79 Å². The molecule has 8 heteroatoms. The number of aromatic amines is 1. The van der Waals surface area contributed by atoms with E-state index in [1.165, 1.54) is 0 Å². The van der Waals surface area contributed by atoms with Crippen LogP contribution in [0, 0.1) is 11.8 Å². The van der Waals surface area contributed by atoms with Crippen LogP contribution in [0.15, 0.2) is 30.6 Å². The molecule has 0 aliphatic heterocycles. The van der Waals surface area contributed by atoms with E-state index < -0.39 is 19.9 Å². The first kappa shape index (κ1) is 14.0. The Hall–Kier alpha value is -3.13. The van der Waals surface area contributed by atoms with Crippen LogP contribution in [0.25, 0.3) is 22.2 Å². The molecular formula is C23H27N5O3. The number of anilines is 1. The summed E-state index contributed by atoms with van der Waals surface area (Å²) < 4.78 is 56.6. The van der Waals surface area contributed by atoms with Crippen molar-refractivity contribution in [3.63, 3.8) is 0 Å². The predicted octanol–water partition coefficient (Wildman–Crippen LogP) is 3.31. The van der Waals surface area contributed by atoms with E-state index in [-0.39, 0.29) is 24.5 Å². The van der Waals surface area contributed by atoms with Crippen molar-refractivity contribution in [2.45, 2.75) is 25.4 Å². The van der Waals surface area contributed by atoms with Gasteiger partial charge in [0.1, 0.15) is 17.2 Å². The molecule has 0 spiro atoms. The van der Waals surface area contributed by atoms with Gasteiger partial charge in [-0.2, -0.15) is 0 Å². The SMILES string of the molecule is [2H]C([2H])([2H])N(C[C@@H]1C[C@H]1C(=O)Nc1ccc2c(-c3c(OC4CC4)ccnc3OC)c[nH]c2n1)C([2H])([2H])[2H]. The lowest BCUT2D eigenvalue weighted by molar-refractivity contribution is -0.117. The van der Waals surface area contributed by atoms with E-state index >= 15 is 0 Å². The third-order valence-corrected chi connectivity index (χ3v) is 5.63. The van der Waals surface area contributed by atoms with Gasteiger partial charge in [-0.1, -0.05) is 0 Å². The first-order valence-electron chi connectivity index (χ1n) is 13.2. The number of amides is 1. The summed E-state index contributed by atoms with van der Waals surface area (Å²) in [5.41, 5.74) is 2.06. The van der Waals surface area contributed by atoms with Crippen LogP contribution in [0.4, 0.5) is 5.82 Å². The van der Waals surface area contributed by atoms with Crippen LogP contribution in [0.2, 0.25) is 0 Å². The quantitative estimate of drug-likeness (QED) is 0.573. The molecule has 0 saturated heterocycles. The molecule has 3 heterocycles. The summed E-state index contributed by atoms with van der Waals surface area (Å²) in [4.78, 5) is 25.2. The minimum atomic E-state index is -2.77. The maximum Gasteiger partial charge on any atom is 0.228 e. The number of fused-ring (bicyclic) bond motifs is 1. The van der Waals surface area contributed by atoms with Crippen LogP contribution < -0.4 is 14.8 Å². The average molecular weight is 428 g/mol. The number of hydrogen-bond acceptors (Lipinski definition) is 6. The highest BCUT2D eigenvalue weighted by Gasteiger charge is 2.43. The largest absolute Gasteiger partial charge is 0.490 e. The Morgan fingerprint density at radius 3 is 3.00 bits per heavy atom. The Balaban J connectivity index is 1.31. The van der Waals surface area contributed by atoms with E-state index in [1.807, 2.05) is 12.1 Å². The summed E-state index contributed by atoms with van der Waals surface area (Å²) in [5, 5.41) is 3.55. The van der Waals surface area contributed by atoms with E-state index in [0.29, 0.717) is 34.4 Å². The maximum atomic E-state index is 12.8. The smallest absolute Gasteiger partial charge is 0.228 e. The zero-order valence-corrected chi connectivity index (χ0v) is 17.0. The molecule has 0 radical (unpaired) electrons. The topological polar surface area (TPSA) is 92.4 Å². The Kier molecular flexibility index (Phi) is 3.55. The molecule has 31 heavy (non-hydrogen) atoms. The lowest BCUT2D eigenvalue weighted by atomic mass is 10.1. The molecule has 0 unspecified atom stereocenters. The summed E-state index contributed by atoms with van der Waals surface area (Å²) in [5.74, 6) is 0.270. The number of nitrogens with zero attached hydrogens (tertiary/aromatic N) is 3. The normalized spacial score (nSPS) is 23.8. The molecule has 5 rings (SSSR count). The van der Waals surface area contributed by atoms with Crippen molar-refractivity contribution < 1.29 is 22.5 Å². The molecule has 0 bridgehead atoms. The molecule has 2 atom stereocenters. The number of carbonyl (C=O) groups is 1. The molecule has 2 N–H and O–H groups in total. The van der Waals surface area contributed by atoms with Gasteiger partial charge in [0, 0.05) is 44.0 Å². The Labute approximate surface area is 189 Å². The number of hydrogen-bond donors (Lipinski definition) is 2. The summed E-state index contributed by atoms with van der Waals surface area (Å²) in [6.45, 7) is -5.75. The Morgan fingerprint density at radius 2 is 2.23 bits per heavy atom. The van der Waals surface area contributed by atoms with Crippen LogP contribution in [0.3, 0.4) is 0 Å². The molecule has 162 valence electrons. The highest BCUT2D eigenvalue weighted by molar-refractivity contribution is 5.99. The standard InChI is InChI=1S/C23H27N5O3/c1-28(2)12-13-10-16(13)22(29)27-19-7-6-15-17(11-25-21(15)26-19)20-18(31-14-4-5-14)8-9-24-23(20)30-3/h6-9,11,13-14,16H,4-5,10,12H2,1-3H3,(H2,25,26,27,29)/t13-,16+/m0/s1/i1D3,2D3. The fourth-order valence-corrected chi connectivity index (χ4v) is 3.80. The molecule has 8 nitrogen and oxygen atoms in total. The summed E-state index contributed by atoms with van der Waals surface area (Å²) >= 11 is 0. The Morgan fingerprint density at radius 1 is 1.35 bits per heavy atom. The van der Waals surface area contributed by atoms with Crippen molar-refractivity contribution in [1.82, 2.24) is 19.9 Å². The van der Waals surface area contributed by atoms with E-state index in [0.717, 1.165) is 29.4 Å². The van der Waals surface area contributed by atoms with Crippen molar-refractivity contribution in [2.75, 3.05) is 32.9 Å². The number of nitrogens with one attached hydrogen (secondary N) is 2. The van der Waals surface area contributed by atoms with Crippen molar-refractivity contribution in [2.24, 2.45) is 11.8 Å². The lowest BCUT2D eigenvalue weighted by Gasteiger charge is -2.13. The van der Waals surface area contributed by atoms with Gasteiger partial charge in [0.15, 0.2) is 0 Å². The van der Waals surface area contributed by atoms with Gasteiger partial charge >= 0.3 is 0 Å². The predicted molar refractivity (Wildman–Crippen MR) is 118 cm³/mol. The third-order valence-electron chi connectivity index (χ3n) is 5.63. The van der Waals surface area contributed by atoms with Gasteiger partial charge in [-0.15, -0.1) is 0 Å². The van der Waals surface area contributed by atoms with E-state index in [4.69, 9.17) is 17.7 Å².